The number of nitrogens with two attached hydrogens (primary N) is 1. The molecule has 0 unspecified atom stereocenters. The molecule has 1 aliphatic rings. The van der Waals surface area contributed by atoms with Crippen molar-refractivity contribution in [2.45, 2.75) is 24.9 Å². The summed E-state index contributed by atoms with van der Waals surface area (Å²) in [6.45, 7) is 0.0374. The minimum absolute atomic E-state index is 0.0374. The van der Waals surface area contributed by atoms with E-state index in [0.717, 1.165) is 0 Å². The average molecular weight is 329 g/mol. The van der Waals surface area contributed by atoms with Crippen LogP contribution in [0.25, 0.3) is 0 Å². The van der Waals surface area contributed by atoms with Crippen LogP contribution in [0, 0.1) is 0 Å². The molecular formula is C16H19N5O3. The SMILES string of the molecule is COc1ccc(NC(=O)Cn2cc(NC(=O)C3(N)CC3)cn2)cc1. The summed E-state index contributed by atoms with van der Waals surface area (Å²) in [5, 5.41) is 9.53. The normalized spacial score (nSPS) is 14.8. The van der Waals surface area contributed by atoms with E-state index < -0.39 is 5.54 Å². The first kappa shape index (κ1) is 16.0. The number of amides is 2. The van der Waals surface area contributed by atoms with Crippen LogP contribution in [0.15, 0.2) is 36.7 Å². The molecule has 8 heteroatoms. The van der Waals surface area contributed by atoms with E-state index in [2.05, 4.69) is 15.7 Å². The Labute approximate surface area is 139 Å². The number of ether oxygens (including phenoxy) is 1. The Balaban J connectivity index is 1.53. The Morgan fingerprint density at radius 3 is 2.58 bits per heavy atom. The lowest BCUT2D eigenvalue weighted by Crippen LogP contribution is -2.37. The number of hydrogen-bond donors (Lipinski definition) is 3. The molecule has 1 heterocycles. The second-order valence-electron chi connectivity index (χ2n) is 5.81. The number of carbonyl (C=O) groups is 2. The van der Waals surface area contributed by atoms with Crippen molar-refractivity contribution < 1.29 is 14.3 Å². The molecule has 0 bridgehead atoms. The highest BCUT2D eigenvalue weighted by Crippen LogP contribution is 2.33. The van der Waals surface area contributed by atoms with Gasteiger partial charge in [-0.1, -0.05) is 0 Å². The molecule has 2 amide bonds. The summed E-state index contributed by atoms with van der Waals surface area (Å²) >= 11 is 0. The molecule has 0 aliphatic heterocycles. The second-order valence-corrected chi connectivity index (χ2v) is 5.81. The number of benzene rings is 1. The van der Waals surface area contributed by atoms with Crippen molar-refractivity contribution in [2.24, 2.45) is 5.73 Å². The number of methoxy groups -OCH3 is 1. The molecule has 126 valence electrons. The zero-order valence-electron chi connectivity index (χ0n) is 13.3. The second kappa shape index (κ2) is 6.32. The van der Waals surface area contributed by atoms with E-state index in [0.29, 0.717) is 30.0 Å². The van der Waals surface area contributed by atoms with E-state index in [4.69, 9.17) is 10.5 Å². The standard InChI is InChI=1S/C16H19N5O3/c1-24-13-4-2-11(3-5-13)19-14(22)10-21-9-12(8-18-21)20-15(23)16(17)6-7-16/h2-5,8-9H,6-7,10,17H2,1H3,(H,19,22)(H,20,23). The Kier molecular flexibility index (Phi) is 4.22. The largest absolute Gasteiger partial charge is 0.497 e. The highest BCUT2D eigenvalue weighted by Gasteiger charge is 2.46. The number of rotatable bonds is 6. The summed E-state index contributed by atoms with van der Waals surface area (Å²) < 4.78 is 6.51. The van der Waals surface area contributed by atoms with Gasteiger partial charge < -0.3 is 21.1 Å². The lowest BCUT2D eigenvalue weighted by Gasteiger charge is -2.08. The Hall–Kier alpha value is -2.87. The van der Waals surface area contributed by atoms with Crippen molar-refractivity contribution >= 4 is 23.2 Å². The topological polar surface area (TPSA) is 111 Å². The van der Waals surface area contributed by atoms with Crippen LogP contribution in [0.3, 0.4) is 0 Å². The van der Waals surface area contributed by atoms with Gasteiger partial charge in [-0.25, -0.2) is 0 Å². The van der Waals surface area contributed by atoms with Crippen LogP contribution in [-0.4, -0.2) is 34.2 Å². The number of hydrogen-bond acceptors (Lipinski definition) is 5. The third-order valence-electron chi connectivity index (χ3n) is 3.81. The van der Waals surface area contributed by atoms with E-state index in [-0.39, 0.29) is 18.4 Å². The quantitative estimate of drug-likeness (QED) is 0.731. The van der Waals surface area contributed by atoms with Crippen LogP contribution in [0.4, 0.5) is 11.4 Å². The smallest absolute Gasteiger partial charge is 0.246 e. The molecule has 8 nitrogen and oxygen atoms in total. The third-order valence-corrected chi connectivity index (χ3v) is 3.81. The molecule has 1 aromatic carbocycles. The Bertz CT molecular complexity index is 749. The fourth-order valence-electron chi connectivity index (χ4n) is 2.15. The van der Waals surface area contributed by atoms with Gasteiger partial charge in [0.15, 0.2) is 0 Å². The van der Waals surface area contributed by atoms with Crippen LogP contribution in [-0.2, 0) is 16.1 Å². The fraction of sp³-hybridized carbons (Fsp3) is 0.312. The first-order valence-corrected chi connectivity index (χ1v) is 7.55. The van der Waals surface area contributed by atoms with Crippen molar-refractivity contribution in [3.63, 3.8) is 0 Å². The van der Waals surface area contributed by atoms with Gasteiger partial charge >= 0.3 is 0 Å². The summed E-state index contributed by atoms with van der Waals surface area (Å²) in [5.41, 5.74) is 6.27. The maximum absolute atomic E-state index is 12.0. The summed E-state index contributed by atoms with van der Waals surface area (Å²) in [5.74, 6) is 0.275. The molecule has 1 fully saturated rings. The molecule has 4 N–H and O–H groups in total. The number of anilines is 2. The van der Waals surface area contributed by atoms with Crippen LogP contribution in [0.1, 0.15) is 12.8 Å². The molecule has 0 atom stereocenters. The predicted molar refractivity (Wildman–Crippen MR) is 88.6 cm³/mol. The summed E-state index contributed by atoms with van der Waals surface area (Å²) in [4.78, 5) is 23.9. The zero-order valence-corrected chi connectivity index (χ0v) is 13.3. The molecular weight excluding hydrogens is 310 g/mol. The zero-order chi connectivity index (χ0) is 17.2. The van der Waals surface area contributed by atoms with Crippen LogP contribution in [0.2, 0.25) is 0 Å². The van der Waals surface area contributed by atoms with Gasteiger partial charge in [0.05, 0.1) is 24.5 Å². The number of nitrogens with zero attached hydrogens (tertiary/aromatic N) is 2. The summed E-state index contributed by atoms with van der Waals surface area (Å²) in [6, 6.07) is 7.03. The van der Waals surface area contributed by atoms with Crippen LogP contribution < -0.4 is 21.1 Å². The molecule has 24 heavy (non-hydrogen) atoms. The molecule has 1 aliphatic carbocycles. The average Bonchev–Trinajstić information content (AvgIpc) is 3.17. The number of carbonyl (C=O) groups excluding carboxylic acids is 2. The third kappa shape index (κ3) is 3.72. The van der Waals surface area contributed by atoms with Gasteiger partial charge in [0, 0.05) is 11.9 Å². The van der Waals surface area contributed by atoms with Crippen molar-refractivity contribution in [1.82, 2.24) is 9.78 Å². The minimum Gasteiger partial charge on any atom is -0.497 e. The van der Waals surface area contributed by atoms with Gasteiger partial charge in [-0.15, -0.1) is 0 Å². The van der Waals surface area contributed by atoms with Gasteiger partial charge in [-0.2, -0.15) is 5.10 Å². The van der Waals surface area contributed by atoms with Crippen molar-refractivity contribution in [1.29, 1.82) is 0 Å². The molecule has 3 rings (SSSR count). The fourth-order valence-corrected chi connectivity index (χ4v) is 2.15. The maximum Gasteiger partial charge on any atom is 0.246 e. The minimum atomic E-state index is -0.742. The van der Waals surface area contributed by atoms with Crippen LogP contribution in [0.5, 0.6) is 5.75 Å². The Morgan fingerprint density at radius 2 is 1.96 bits per heavy atom. The highest BCUT2D eigenvalue weighted by atomic mass is 16.5. The van der Waals surface area contributed by atoms with Crippen LogP contribution >= 0.6 is 0 Å². The van der Waals surface area contributed by atoms with E-state index in [1.54, 1.807) is 37.6 Å². The molecule has 0 radical (unpaired) electrons. The van der Waals surface area contributed by atoms with Gasteiger partial charge in [0.1, 0.15) is 12.3 Å². The maximum atomic E-state index is 12.0. The summed E-state index contributed by atoms with van der Waals surface area (Å²) in [7, 11) is 1.58. The lowest BCUT2D eigenvalue weighted by molar-refractivity contribution is -0.118. The van der Waals surface area contributed by atoms with E-state index >= 15 is 0 Å². The van der Waals surface area contributed by atoms with E-state index in [9.17, 15) is 9.59 Å². The van der Waals surface area contributed by atoms with Gasteiger partial charge in [0.2, 0.25) is 11.8 Å². The molecule has 1 aromatic heterocycles. The first-order valence-electron chi connectivity index (χ1n) is 7.55. The molecule has 2 aromatic rings. The molecule has 1 saturated carbocycles. The van der Waals surface area contributed by atoms with Gasteiger partial charge in [-0.05, 0) is 37.1 Å². The lowest BCUT2D eigenvalue weighted by atomic mass is 10.3. The molecule has 0 saturated heterocycles. The highest BCUT2D eigenvalue weighted by molar-refractivity contribution is 5.99. The number of aromatic nitrogens is 2. The molecule has 0 spiro atoms. The van der Waals surface area contributed by atoms with Gasteiger partial charge in [0.25, 0.3) is 0 Å². The monoisotopic (exact) mass is 329 g/mol. The van der Waals surface area contributed by atoms with Crippen molar-refractivity contribution in [2.75, 3.05) is 17.7 Å². The summed E-state index contributed by atoms with van der Waals surface area (Å²) in [6.07, 6.45) is 4.47. The predicted octanol–water partition coefficient (Wildman–Crippen LogP) is 0.960. The number of nitrogens with one attached hydrogen (secondary N) is 2. The van der Waals surface area contributed by atoms with E-state index in [1.807, 2.05) is 0 Å². The van der Waals surface area contributed by atoms with Crippen molar-refractivity contribution in [3.8, 4) is 5.75 Å². The van der Waals surface area contributed by atoms with E-state index in [1.165, 1.54) is 10.9 Å². The van der Waals surface area contributed by atoms with Crippen molar-refractivity contribution in [3.05, 3.63) is 36.7 Å². The van der Waals surface area contributed by atoms with Gasteiger partial charge in [-0.3, -0.25) is 14.3 Å². The Morgan fingerprint density at radius 1 is 1.25 bits per heavy atom. The first-order chi connectivity index (χ1) is 11.5.